The molecule has 0 amide bonds. The van der Waals surface area contributed by atoms with Crippen LogP contribution in [0.5, 0.6) is 11.6 Å². The zero-order valence-electron chi connectivity index (χ0n) is 11.3. The number of aliphatic hydroxyl groups is 1. The number of aromatic nitrogens is 1. The second kappa shape index (κ2) is 6.60. The monoisotopic (exact) mass is 269 g/mol. The molecule has 0 saturated heterocycles. The Kier molecular flexibility index (Phi) is 4.59. The van der Waals surface area contributed by atoms with Gasteiger partial charge in [-0.3, -0.25) is 0 Å². The summed E-state index contributed by atoms with van der Waals surface area (Å²) in [7, 11) is 3.00. The van der Waals surface area contributed by atoms with Crippen molar-refractivity contribution in [1.82, 2.24) is 4.98 Å². The Morgan fingerprint density at radius 3 is 2.50 bits per heavy atom. The molecule has 2 rings (SSSR count). The van der Waals surface area contributed by atoms with E-state index in [0.717, 1.165) is 5.56 Å². The number of hydrogen-bond acceptors (Lipinski definition) is 4. The average molecular weight is 269 g/mol. The molecule has 1 aromatic carbocycles. The Morgan fingerprint density at radius 2 is 1.85 bits per heavy atom. The van der Waals surface area contributed by atoms with E-state index in [1.807, 2.05) is 30.3 Å². The standard InChI is InChI=1S/C16H15NO3/c1-19-15-13(10-11-17-16(15)20-2)14(18)9-8-12-6-4-3-5-7-12/h3-7,10-11,14,18H,1-2H3. The molecular formula is C16H15NO3. The van der Waals surface area contributed by atoms with Crippen LogP contribution < -0.4 is 9.47 Å². The zero-order chi connectivity index (χ0) is 14.4. The number of ether oxygens (including phenoxy) is 2. The van der Waals surface area contributed by atoms with Gasteiger partial charge in [-0.05, 0) is 18.2 Å². The van der Waals surface area contributed by atoms with E-state index >= 15 is 0 Å². The van der Waals surface area contributed by atoms with Crippen LogP contribution in [0.2, 0.25) is 0 Å². The molecule has 0 bridgehead atoms. The van der Waals surface area contributed by atoms with Crippen molar-refractivity contribution in [2.75, 3.05) is 14.2 Å². The van der Waals surface area contributed by atoms with Crippen molar-refractivity contribution >= 4 is 0 Å². The SMILES string of the molecule is COc1nccc(C(O)C#Cc2ccccc2)c1OC. The Labute approximate surface area is 118 Å². The van der Waals surface area contributed by atoms with Gasteiger partial charge >= 0.3 is 0 Å². The number of hydrogen-bond donors (Lipinski definition) is 1. The van der Waals surface area contributed by atoms with Gasteiger partial charge in [0.15, 0.2) is 5.75 Å². The van der Waals surface area contributed by atoms with E-state index in [1.54, 1.807) is 12.3 Å². The van der Waals surface area contributed by atoms with Crippen LogP contribution in [0.3, 0.4) is 0 Å². The first-order valence-corrected chi connectivity index (χ1v) is 6.07. The molecular weight excluding hydrogens is 254 g/mol. The molecule has 0 fully saturated rings. The van der Waals surface area contributed by atoms with Crippen molar-refractivity contribution in [3.63, 3.8) is 0 Å². The van der Waals surface area contributed by atoms with E-state index in [-0.39, 0.29) is 0 Å². The molecule has 20 heavy (non-hydrogen) atoms. The van der Waals surface area contributed by atoms with Gasteiger partial charge in [-0.2, -0.15) is 0 Å². The van der Waals surface area contributed by atoms with Crippen LogP contribution in [0.25, 0.3) is 0 Å². The third kappa shape index (κ3) is 3.08. The number of aliphatic hydroxyl groups excluding tert-OH is 1. The van der Waals surface area contributed by atoms with Gasteiger partial charge in [-0.15, -0.1) is 0 Å². The van der Waals surface area contributed by atoms with Crippen molar-refractivity contribution in [1.29, 1.82) is 0 Å². The van der Waals surface area contributed by atoms with Crippen LogP contribution >= 0.6 is 0 Å². The fraction of sp³-hybridized carbons (Fsp3) is 0.188. The van der Waals surface area contributed by atoms with Crippen LogP contribution in [0.15, 0.2) is 42.6 Å². The highest BCUT2D eigenvalue weighted by Crippen LogP contribution is 2.32. The lowest BCUT2D eigenvalue weighted by atomic mass is 10.1. The number of nitrogens with zero attached hydrogens (tertiary/aromatic N) is 1. The van der Waals surface area contributed by atoms with Crippen molar-refractivity contribution in [3.05, 3.63) is 53.7 Å². The molecule has 1 aromatic heterocycles. The van der Waals surface area contributed by atoms with Gasteiger partial charge in [0.1, 0.15) is 6.10 Å². The van der Waals surface area contributed by atoms with Gasteiger partial charge in [-0.25, -0.2) is 4.98 Å². The second-order valence-electron chi connectivity index (χ2n) is 3.98. The molecule has 102 valence electrons. The summed E-state index contributed by atoms with van der Waals surface area (Å²) in [6.45, 7) is 0. The number of rotatable bonds is 3. The fourth-order valence-corrected chi connectivity index (χ4v) is 1.76. The smallest absolute Gasteiger partial charge is 0.257 e. The molecule has 2 aromatic rings. The topological polar surface area (TPSA) is 51.6 Å². The lowest BCUT2D eigenvalue weighted by Gasteiger charge is -2.12. The third-order valence-corrected chi connectivity index (χ3v) is 2.72. The first-order chi connectivity index (χ1) is 9.76. The highest BCUT2D eigenvalue weighted by molar-refractivity contribution is 5.46. The fourth-order valence-electron chi connectivity index (χ4n) is 1.76. The summed E-state index contributed by atoms with van der Waals surface area (Å²) in [6.07, 6.45) is 0.575. The molecule has 4 heteroatoms. The minimum Gasteiger partial charge on any atom is -0.491 e. The molecule has 0 aliphatic heterocycles. The van der Waals surface area contributed by atoms with Gasteiger partial charge in [0, 0.05) is 17.3 Å². The van der Waals surface area contributed by atoms with Crippen LogP contribution in [-0.2, 0) is 0 Å². The summed E-state index contributed by atoms with van der Waals surface area (Å²) in [6, 6.07) is 11.1. The predicted octanol–water partition coefficient (Wildman–Crippen LogP) is 2.18. The average Bonchev–Trinajstić information content (AvgIpc) is 2.52. The van der Waals surface area contributed by atoms with Gasteiger partial charge in [0.05, 0.1) is 14.2 Å². The first-order valence-electron chi connectivity index (χ1n) is 6.07. The van der Waals surface area contributed by atoms with Gasteiger partial charge in [-0.1, -0.05) is 30.0 Å². The van der Waals surface area contributed by atoms with E-state index in [0.29, 0.717) is 17.2 Å². The molecule has 0 saturated carbocycles. The maximum absolute atomic E-state index is 10.2. The molecule has 0 aliphatic carbocycles. The van der Waals surface area contributed by atoms with Crippen molar-refractivity contribution in [2.45, 2.75) is 6.10 Å². The normalized spacial score (nSPS) is 11.2. The molecule has 0 radical (unpaired) electrons. The Bertz CT molecular complexity index is 629. The number of benzene rings is 1. The van der Waals surface area contributed by atoms with Crippen LogP contribution in [0.1, 0.15) is 17.2 Å². The summed E-state index contributed by atoms with van der Waals surface area (Å²) >= 11 is 0. The molecule has 1 unspecified atom stereocenters. The first kappa shape index (κ1) is 13.9. The summed E-state index contributed by atoms with van der Waals surface area (Å²) in [5.41, 5.74) is 1.37. The number of pyridine rings is 1. The maximum Gasteiger partial charge on any atom is 0.257 e. The maximum atomic E-state index is 10.2. The van der Waals surface area contributed by atoms with Crippen LogP contribution in [0.4, 0.5) is 0 Å². The summed E-state index contributed by atoms with van der Waals surface area (Å²) in [5.74, 6) is 6.42. The second-order valence-corrected chi connectivity index (χ2v) is 3.98. The summed E-state index contributed by atoms with van der Waals surface area (Å²) in [5, 5.41) is 10.2. The van der Waals surface area contributed by atoms with Crippen molar-refractivity contribution in [3.8, 4) is 23.5 Å². The molecule has 1 N–H and O–H groups in total. The highest BCUT2D eigenvalue weighted by Gasteiger charge is 2.16. The molecule has 0 spiro atoms. The van der Waals surface area contributed by atoms with Gasteiger partial charge in [0.25, 0.3) is 5.88 Å². The summed E-state index contributed by atoms with van der Waals surface area (Å²) < 4.78 is 10.3. The minimum atomic E-state index is -0.970. The lowest BCUT2D eigenvalue weighted by Crippen LogP contribution is -2.02. The lowest BCUT2D eigenvalue weighted by molar-refractivity contribution is 0.229. The van der Waals surface area contributed by atoms with Crippen LogP contribution in [-0.4, -0.2) is 24.3 Å². The molecule has 4 nitrogen and oxygen atoms in total. The van der Waals surface area contributed by atoms with E-state index in [9.17, 15) is 5.11 Å². The van der Waals surface area contributed by atoms with Crippen molar-refractivity contribution in [2.24, 2.45) is 0 Å². The number of methoxy groups -OCH3 is 2. The Morgan fingerprint density at radius 1 is 1.10 bits per heavy atom. The Balaban J connectivity index is 2.30. The zero-order valence-corrected chi connectivity index (χ0v) is 11.3. The van der Waals surface area contributed by atoms with Crippen molar-refractivity contribution < 1.29 is 14.6 Å². The van der Waals surface area contributed by atoms with E-state index in [4.69, 9.17) is 9.47 Å². The predicted molar refractivity (Wildman–Crippen MR) is 75.6 cm³/mol. The minimum absolute atomic E-state index is 0.325. The molecule has 0 aliphatic rings. The van der Waals surface area contributed by atoms with E-state index in [1.165, 1.54) is 14.2 Å². The summed E-state index contributed by atoms with van der Waals surface area (Å²) in [4.78, 5) is 4.02. The molecule has 1 heterocycles. The van der Waals surface area contributed by atoms with E-state index in [2.05, 4.69) is 16.8 Å². The van der Waals surface area contributed by atoms with Crippen LogP contribution in [0, 0.1) is 11.8 Å². The van der Waals surface area contributed by atoms with Gasteiger partial charge in [0.2, 0.25) is 0 Å². The third-order valence-electron chi connectivity index (χ3n) is 2.72. The Hall–Kier alpha value is -2.51. The van der Waals surface area contributed by atoms with E-state index < -0.39 is 6.10 Å². The molecule has 1 atom stereocenters. The van der Waals surface area contributed by atoms with Gasteiger partial charge < -0.3 is 14.6 Å². The quantitative estimate of drug-likeness (QED) is 0.868. The highest BCUT2D eigenvalue weighted by atomic mass is 16.5. The largest absolute Gasteiger partial charge is 0.491 e.